The monoisotopic (exact) mass is 537 g/mol. The van der Waals surface area contributed by atoms with E-state index >= 15 is 0 Å². The Balaban J connectivity index is 1.61. The van der Waals surface area contributed by atoms with E-state index < -0.39 is 15.8 Å². The Bertz CT molecular complexity index is 925. The third-order valence-corrected chi connectivity index (χ3v) is 6.79. The van der Waals surface area contributed by atoms with E-state index in [1.165, 1.54) is 6.07 Å². The molecule has 0 saturated heterocycles. The number of rotatable bonds is 7. The number of benzene rings is 2. The standard InChI is InChI=1S/C20H16AsFIN2O2/c22-19-12-14(23)6-7-17(19)21-18-13-24-9-8-16(18)20(26)25-10-11-27-15-4-2-1-3-5-15/h1-9,12-13H,10-11H2,(H,25,26). The molecule has 0 atom stereocenters. The maximum atomic E-state index is 14.2. The molecule has 0 saturated carbocycles. The summed E-state index contributed by atoms with van der Waals surface area (Å²) in [6.07, 6.45) is 3.22. The molecule has 0 unspecified atom stereocenters. The summed E-state index contributed by atoms with van der Waals surface area (Å²) in [6.45, 7) is 0.750. The number of hydrogen-bond acceptors (Lipinski definition) is 3. The van der Waals surface area contributed by atoms with Gasteiger partial charge in [-0.1, -0.05) is 0 Å². The molecule has 0 aliphatic rings. The van der Waals surface area contributed by atoms with Crippen LogP contribution in [0.25, 0.3) is 0 Å². The SMILES string of the molecule is O=C(NCCOc1ccccc1)c1ccncc1[As]c1ccc(I)cc1F. The van der Waals surface area contributed by atoms with E-state index in [0.29, 0.717) is 23.1 Å². The Morgan fingerprint density at radius 2 is 1.96 bits per heavy atom. The van der Waals surface area contributed by atoms with Crippen LogP contribution in [0.3, 0.4) is 0 Å². The van der Waals surface area contributed by atoms with Crippen LogP contribution in [0, 0.1) is 9.39 Å². The average Bonchev–Trinajstić information content (AvgIpc) is 2.68. The predicted molar refractivity (Wildman–Crippen MR) is 113 cm³/mol. The molecule has 3 rings (SSSR count). The molecule has 137 valence electrons. The van der Waals surface area contributed by atoms with Gasteiger partial charge in [-0.05, 0) is 0 Å². The molecular formula is C20H16AsFIN2O2. The zero-order valence-electron chi connectivity index (χ0n) is 14.2. The topological polar surface area (TPSA) is 51.2 Å². The minimum atomic E-state index is -0.680. The summed E-state index contributed by atoms with van der Waals surface area (Å²) in [4.78, 5) is 16.6. The fourth-order valence-corrected chi connectivity index (χ4v) is 4.87. The van der Waals surface area contributed by atoms with Gasteiger partial charge in [0.05, 0.1) is 0 Å². The van der Waals surface area contributed by atoms with E-state index in [1.807, 2.05) is 36.4 Å². The average molecular weight is 537 g/mol. The molecule has 1 amide bonds. The van der Waals surface area contributed by atoms with Gasteiger partial charge in [0, 0.05) is 0 Å². The van der Waals surface area contributed by atoms with Crippen molar-refractivity contribution in [2.45, 2.75) is 0 Å². The van der Waals surface area contributed by atoms with Crippen LogP contribution in [0.4, 0.5) is 4.39 Å². The van der Waals surface area contributed by atoms with Crippen molar-refractivity contribution in [3.8, 4) is 5.75 Å². The third-order valence-electron chi connectivity index (χ3n) is 3.59. The van der Waals surface area contributed by atoms with E-state index in [-0.39, 0.29) is 11.7 Å². The van der Waals surface area contributed by atoms with Crippen molar-refractivity contribution in [3.05, 3.63) is 81.9 Å². The summed E-state index contributed by atoms with van der Waals surface area (Å²) in [5.74, 6) is 0.314. The Kier molecular flexibility index (Phi) is 7.24. The maximum absolute atomic E-state index is 14.2. The summed E-state index contributed by atoms with van der Waals surface area (Å²) in [6, 6.07) is 16.2. The van der Waals surface area contributed by atoms with E-state index in [0.717, 1.165) is 13.7 Å². The molecule has 0 aliphatic carbocycles. The molecule has 3 aromatic rings. The third kappa shape index (κ3) is 5.78. The molecular weight excluding hydrogens is 521 g/mol. The number of aromatic nitrogens is 1. The Labute approximate surface area is 177 Å². The number of pyridine rings is 1. The number of para-hydroxylation sites is 1. The van der Waals surface area contributed by atoms with Gasteiger partial charge >= 0.3 is 178 Å². The molecule has 1 radical (unpaired) electrons. The first-order valence-electron chi connectivity index (χ1n) is 8.20. The minimum absolute atomic E-state index is 0.203. The Hall–Kier alpha value is -1.92. The van der Waals surface area contributed by atoms with Crippen LogP contribution in [-0.2, 0) is 0 Å². The van der Waals surface area contributed by atoms with Crippen LogP contribution in [-0.4, -0.2) is 39.8 Å². The van der Waals surface area contributed by atoms with Gasteiger partial charge in [-0.15, -0.1) is 0 Å². The molecule has 27 heavy (non-hydrogen) atoms. The van der Waals surface area contributed by atoms with E-state index in [9.17, 15) is 9.18 Å². The van der Waals surface area contributed by atoms with Gasteiger partial charge in [0.25, 0.3) is 0 Å². The van der Waals surface area contributed by atoms with E-state index in [4.69, 9.17) is 4.74 Å². The first-order chi connectivity index (χ1) is 13.1. The molecule has 1 heterocycles. The van der Waals surface area contributed by atoms with Gasteiger partial charge in [-0.2, -0.15) is 0 Å². The summed E-state index contributed by atoms with van der Waals surface area (Å²) < 4.78 is 22.0. The van der Waals surface area contributed by atoms with Crippen LogP contribution >= 0.6 is 22.6 Å². The predicted octanol–water partition coefficient (Wildman–Crippen LogP) is 2.29. The Morgan fingerprint density at radius 3 is 2.74 bits per heavy atom. The van der Waals surface area contributed by atoms with Crippen molar-refractivity contribution in [2.24, 2.45) is 0 Å². The quantitative estimate of drug-likeness (QED) is 0.286. The zero-order chi connectivity index (χ0) is 19.1. The molecule has 0 bridgehead atoms. The van der Waals surface area contributed by atoms with Crippen molar-refractivity contribution in [1.82, 2.24) is 10.3 Å². The normalized spacial score (nSPS) is 10.9. The number of carbonyl (C=O) groups excluding carboxylic acids is 1. The van der Waals surface area contributed by atoms with Gasteiger partial charge in [-0.25, -0.2) is 0 Å². The van der Waals surface area contributed by atoms with E-state index in [2.05, 4.69) is 32.9 Å². The summed E-state index contributed by atoms with van der Waals surface area (Å²) in [7, 11) is 0. The second-order valence-corrected chi connectivity index (χ2v) is 9.25. The number of carbonyl (C=O) groups is 1. The second-order valence-electron chi connectivity index (χ2n) is 5.52. The van der Waals surface area contributed by atoms with Crippen LogP contribution in [0.5, 0.6) is 5.75 Å². The number of ether oxygens (including phenoxy) is 1. The first kappa shape index (κ1) is 19.8. The number of nitrogens with zero attached hydrogens (tertiary/aromatic N) is 1. The molecule has 4 nitrogen and oxygen atoms in total. The van der Waals surface area contributed by atoms with Crippen molar-refractivity contribution in [2.75, 3.05) is 13.2 Å². The fourth-order valence-electron chi connectivity index (χ4n) is 2.31. The van der Waals surface area contributed by atoms with Gasteiger partial charge in [0.1, 0.15) is 0 Å². The summed E-state index contributed by atoms with van der Waals surface area (Å²) in [5, 5.41) is 2.85. The van der Waals surface area contributed by atoms with Crippen molar-refractivity contribution in [3.63, 3.8) is 0 Å². The molecule has 0 aliphatic heterocycles. The molecule has 1 aromatic heterocycles. The molecule has 2 aromatic carbocycles. The molecule has 7 heteroatoms. The van der Waals surface area contributed by atoms with Gasteiger partial charge in [0.2, 0.25) is 0 Å². The Morgan fingerprint density at radius 1 is 1.15 bits per heavy atom. The van der Waals surface area contributed by atoms with Crippen molar-refractivity contribution >= 4 is 53.0 Å². The van der Waals surface area contributed by atoms with Gasteiger partial charge in [-0.3, -0.25) is 0 Å². The first-order valence-corrected chi connectivity index (χ1v) is 11.2. The van der Waals surface area contributed by atoms with Gasteiger partial charge < -0.3 is 0 Å². The summed E-state index contributed by atoms with van der Waals surface area (Å²) >= 11 is 1.40. The molecule has 0 fully saturated rings. The van der Waals surface area contributed by atoms with Crippen LogP contribution in [0.15, 0.2) is 67.0 Å². The number of halogens is 2. The second kappa shape index (κ2) is 9.85. The number of amides is 1. The van der Waals surface area contributed by atoms with E-state index in [1.54, 1.807) is 24.5 Å². The summed E-state index contributed by atoms with van der Waals surface area (Å²) in [5.41, 5.74) is 0.530. The fraction of sp³-hybridized carbons (Fsp3) is 0.100. The van der Waals surface area contributed by atoms with Crippen LogP contribution < -0.4 is 18.8 Å². The number of hydrogen-bond donors (Lipinski definition) is 1. The van der Waals surface area contributed by atoms with Crippen molar-refractivity contribution in [1.29, 1.82) is 0 Å². The van der Waals surface area contributed by atoms with Crippen molar-refractivity contribution < 1.29 is 13.9 Å². The zero-order valence-corrected chi connectivity index (χ0v) is 18.3. The van der Waals surface area contributed by atoms with Crippen LogP contribution in [0.1, 0.15) is 10.4 Å². The van der Waals surface area contributed by atoms with Crippen LogP contribution in [0.2, 0.25) is 0 Å². The molecule has 1 N–H and O–H groups in total. The van der Waals surface area contributed by atoms with Gasteiger partial charge in [0.15, 0.2) is 0 Å². The number of nitrogens with one attached hydrogen (secondary N) is 1. The molecule has 0 spiro atoms.